The van der Waals surface area contributed by atoms with E-state index in [2.05, 4.69) is 5.32 Å². The van der Waals surface area contributed by atoms with Crippen LogP contribution in [-0.2, 0) is 9.59 Å². The summed E-state index contributed by atoms with van der Waals surface area (Å²) in [5.41, 5.74) is 0.981. The number of nitrogens with one attached hydrogen (secondary N) is 1. The zero-order valence-electron chi connectivity index (χ0n) is 18.5. The van der Waals surface area contributed by atoms with Gasteiger partial charge in [-0.2, -0.15) is 13.2 Å². The molecule has 1 N–H and O–H groups in total. The summed E-state index contributed by atoms with van der Waals surface area (Å²) in [6, 6.07) is 8.27. The molecule has 0 spiro atoms. The Morgan fingerprint density at radius 1 is 1.03 bits per heavy atom. The molecule has 1 aliphatic rings. The lowest BCUT2D eigenvalue weighted by Crippen LogP contribution is -2.50. The van der Waals surface area contributed by atoms with E-state index >= 15 is 0 Å². The molecule has 0 radical (unpaired) electrons. The highest BCUT2D eigenvalue weighted by Gasteiger charge is 2.48. The van der Waals surface area contributed by atoms with E-state index in [4.69, 9.17) is 0 Å². The Bertz CT molecular complexity index is 931. The number of halogens is 3. The first-order valence-electron chi connectivity index (χ1n) is 10.9. The SMILES string of the molecule is Cc1ccc([C@H](C(=O)NC2CCCCC2)N(C(=O)C(F)(F)F)c2ccc(C(C)C)cc2)s1. The molecule has 2 aromatic rings. The quantitative estimate of drug-likeness (QED) is 0.546. The van der Waals surface area contributed by atoms with Gasteiger partial charge in [-0.05, 0) is 55.5 Å². The number of anilines is 1. The molecule has 1 aromatic carbocycles. The molecule has 1 aromatic heterocycles. The minimum atomic E-state index is -5.12. The summed E-state index contributed by atoms with van der Waals surface area (Å²) in [6.45, 7) is 5.77. The van der Waals surface area contributed by atoms with Crippen LogP contribution < -0.4 is 10.2 Å². The third kappa shape index (κ3) is 5.71. The molecule has 8 heteroatoms. The first kappa shape index (κ1) is 24.3. The lowest BCUT2D eigenvalue weighted by molar-refractivity contribution is -0.171. The first-order chi connectivity index (χ1) is 15.1. The van der Waals surface area contributed by atoms with Crippen LogP contribution in [0.3, 0.4) is 0 Å². The molecule has 1 saturated carbocycles. The van der Waals surface area contributed by atoms with Gasteiger partial charge < -0.3 is 5.32 Å². The molecule has 32 heavy (non-hydrogen) atoms. The lowest BCUT2D eigenvalue weighted by atomic mass is 9.95. The molecule has 0 aliphatic heterocycles. The van der Waals surface area contributed by atoms with Crippen molar-refractivity contribution < 1.29 is 22.8 Å². The monoisotopic (exact) mass is 466 g/mol. The maximum atomic E-state index is 13.7. The normalized spacial score (nSPS) is 16.1. The Labute approximate surface area is 190 Å². The average molecular weight is 467 g/mol. The van der Waals surface area contributed by atoms with Gasteiger partial charge in [0, 0.05) is 21.5 Å². The molecule has 174 valence electrons. The number of hydrogen-bond donors (Lipinski definition) is 1. The second kappa shape index (κ2) is 10.1. The van der Waals surface area contributed by atoms with Crippen molar-refractivity contribution in [2.75, 3.05) is 4.90 Å². The summed E-state index contributed by atoms with van der Waals surface area (Å²) in [7, 11) is 0. The number of carbonyl (C=O) groups is 2. The summed E-state index contributed by atoms with van der Waals surface area (Å²) < 4.78 is 41.0. The zero-order chi connectivity index (χ0) is 23.5. The van der Waals surface area contributed by atoms with Crippen LogP contribution in [0.5, 0.6) is 0 Å². The molecule has 0 saturated heterocycles. The van der Waals surface area contributed by atoms with Crippen molar-refractivity contribution in [1.82, 2.24) is 5.32 Å². The number of hydrogen-bond acceptors (Lipinski definition) is 3. The highest BCUT2D eigenvalue weighted by Crippen LogP contribution is 2.36. The number of rotatable bonds is 6. The highest BCUT2D eigenvalue weighted by atomic mass is 32.1. The standard InChI is InChI=1S/C24H29F3N2O2S/c1-15(2)17-10-12-19(13-11-17)29(23(31)24(25,26)27)21(20-14-9-16(3)32-20)22(30)28-18-7-5-4-6-8-18/h9-15,18,21H,4-8H2,1-3H3,(H,28,30)/t21-/m1/s1. The van der Waals surface area contributed by atoms with E-state index in [9.17, 15) is 22.8 Å². The molecule has 3 rings (SSSR count). The van der Waals surface area contributed by atoms with Crippen molar-refractivity contribution in [3.05, 3.63) is 51.7 Å². The molecule has 2 amide bonds. The van der Waals surface area contributed by atoms with E-state index in [0.29, 0.717) is 9.78 Å². The number of carbonyl (C=O) groups excluding carboxylic acids is 2. The van der Waals surface area contributed by atoms with E-state index in [-0.39, 0.29) is 17.6 Å². The van der Waals surface area contributed by atoms with E-state index in [1.54, 1.807) is 24.3 Å². The van der Waals surface area contributed by atoms with Gasteiger partial charge in [-0.1, -0.05) is 45.2 Å². The van der Waals surface area contributed by atoms with Gasteiger partial charge in [0.2, 0.25) is 5.91 Å². The van der Waals surface area contributed by atoms with Gasteiger partial charge in [0.05, 0.1) is 0 Å². The maximum Gasteiger partial charge on any atom is 0.471 e. The number of thiophene rings is 1. The van der Waals surface area contributed by atoms with Crippen LogP contribution in [0.15, 0.2) is 36.4 Å². The summed E-state index contributed by atoms with van der Waals surface area (Å²) in [5, 5.41) is 2.92. The van der Waals surface area contributed by atoms with Crippen LogP contribution in [0.1, 0.15) is 73.2 Å². The Kier molecular flexibility index (Phi) is 7.64. The van der Waals surface area contributed by atoms with Crippen LogP contribution in [0.2, 0.25) is 0 Å². The molecule has 4 nitrogen and oxygen atoms in total. The lowest BCUT2D eigenvalue weighted by Gasteiger charge is -2.33. The fourth-order valence-corrected chi connectivity index (χ4v) is 5.01. The Morgan fingerprint density at radius 3 is 2.16 bits per heavy atom. The topological polar surface area (TPSA) is 49.4 Å². The van der Waals surface area contributed by atoms with Crippen molar-refractivity contribution in [3.8, 4) is 0 Å². The van der Waals surface area contributed by atoms with Crippen LogP contribution >= 0.6 is 11.3 Å². The zero-order valence-corrected chi connectivity index (χ0v) is 19.4. The molecule has 1 heterocycles. The minimum Gasteiger partial charge on any atom is -0.351 e. The van der Waals surface area contributed by atoms with E-state index in [0.717, 1.165) is 42.5 Å². The third-order valence-electron chi connectivity index (χ3n) is 5.79. The second-order valence-corrected chi connectivity index (χ2v) is 9.93. The number of alkyl halides is 3. The van der Waals surface area contributed by atoms with Gasteiger partial charge in [-0.3, -0.25) is 14.5 Å². The summed E-state index contributed by atoms with van der Waals surface area (Å²) in [6.07, 6.45) is -0.519. The second-order valence-electron chi connectivity index (χ2n) is 8.61. The molecular formula is C24H29F3N2O2S. The van der Waals surface area contributed by atoms with Gasteiger partial charge in [-0.15, -0.1) is 11.3 Å². The van der Waals surface area contributed by atoms with Crippen molar-refractivity contribution in [1.29, 1.82) is 0 Å². The third-order valence-corrected chi connectivity index (χ3v) is 6.84. The van der Waals surface area contributed by atoms with E-state index in [1.165, 1.54) is 23.5 Å². The number of aryl methyl sites for hydroxylation is 1. The number of benzene rings is 1. The predicted molar refractivity (Wildman–Crippen MR) is 121 cm³/mol. The van der Waals surface area contributed by atoms with Crippen molar-refractivity contribution in [3.63, 3.8) is 0 Å². The van der Waals surface area contributed by atoms with Gasteiger partial charge >= 0.3 is 12.1 Å². The smallest absolute Gasteiger partial charge is 0.351 e. The average Bonchev–Trinajstić information content (AvgIpc) is 3.17. The summed E-state index contributed by atoms with van der Waals surface area (Å²) in [4.78, 5) is 27.9. The van der Waals surface area contributed by atoms with E-state index < -0.39 is 24.0 Å². The van der Waals surface area contributed by atoms with Crippen molar-refractivity contribution in [2.45, 2.75) is 77.1 Å². The Morgan fingerprint density at radius 2 is 1.66 bits per heavy atom. The molecule has 1 aliphatic carbocycles. The fourth-order valence-electron chi connectivity index (χ4n) is 4.04. The molecule has 0 bridgehead atoms. The van der Waals surface area contributed by atoms with Crippen LogP contribution in [0.4, 0.5) is 18.9 Å². The van der Waals surface area contributed by atoms with Gasteiger partial charge in [-0.25, -0.2) is 0 Å². The highest BCUT2D eigenvalue weighted by molar-refractivity contribution is 7.12. The van der Waals surface area contributed by atoms with Gasteiger partial charge in [0.1, 0.15) is 0 Å². The number of amides is 2. The van der Waals surface area contributed by atoms with Crippen LogP contribution in [0, 0.1) is 6.92 Å². The van der Waals surface area contributed by atoms with E-state index in [1.807, 2.05) is 20.8 Å². The first-order valence-corrected chi connectivity index (χ1v) is 11.8. The molecular weight excluding hydrogens is 437 g/mol. The largest absolute Gasteiger partial charge is 0.471 e. The Hall–Kier alpha value is -2.35. The van der Waals surface area contributed by atoms with Gasteiger partial charge in [0.25, 0.3) is 0 Å². The summed E-state index contributed by atoms with van der Waals surface area (Å²) >= 11 is 1.22. The summed E-state index contributed by atoms with van der Waals surface area (Å²) in [5.74, 6) is -2.45. The minimum absolute atomic E-state index is 0.0478. The molecule has 1 atom stereocenters. The van der Waals surface area contributed by atoms with Gasteiger partial charge in [0.15, 0.2) is 6.04 Å². The molecule has 0 unspecified atom stereocenters. The van der Waals surface area contributed by atoms with Crippen molar-refractivity contribution in [2.24, 2.45) is 0 Å². The maximum absolute atomic E-state index is 13.7. The fraction of sp³-hybridized carbons (Fsp3) is 0.500. The number of nitrogens with zero attached hydrogens (tertiary/aromatic N) is 1. The van der Waals surface area contributed by atoms with Crippen LogP contribution in [-0.4, -0.2) is 24.0 Å². The Balaban J connectivity index is 2.05. The molecule has 1 fully saturated rings. The predicted octanol–water partition coefficient (Wildman–Crippen LogP) is 6.27. The van der Waals surface area contributed by atoms with Crippen molar-refractivity contribution >= 4 is 28.8 Å². The van der Waals surface area contributed by atoms with Crippen LogP contribution in [0.25, 0.3) is 0 Å².